The highest BCUT2D eigenvalue weighted by Gasteiger charge is 2.08. The number of rotatable bonds is 6. The monoisotopic (exact) mass is 312 g/mol. The molecule has 5 heteroatoms. The van der Waals surface area contributed by atoms with Crippen molar-refractivity contribution in [3.05, 3.63) is 35.9 Å². The maximum Gasteiger partial charge on any atom is 0.194 e. The number of aryl methyl sites for hydroxylation is 1. The normalized spacial score (nSPS) is 11.0. The van der Waals surface area contributed by atoms with Crippen LogP contribution in [-0.4, -0.2) is 21.7 Å². The fraction of sp³-hybridized carbons (Fsp3) is 0.353. The number of nitrogens with one attached hydrogen (secondary N) is 1. The van der Waals surface area contributed by atoms with E-state index >= 15 is 0 Å². The zero-order valence-electron chi connectivity index (χ0n) is 13.0. The Kier molecular flexibility index (Phi) is 4.63. The minimum absolute atomic E-state index is 0.720. The van der Waals surface area contributed by atoms with Crippen molar-refractivity contribution in [3.63, 3.8) is 0 Å². The molecule has 0 saturated heterocycles. The molecule has 4 nitrogen and oxygen atoms in total. The summed E-state index contributed by atoms with van der Waals surface area (Å²) in [5.41, 5.74) is 4.05. The van der Waals surface area contributed by atoms with E-state index in [2.05, 4.69) is 64.7 Å². The molecule has 3 aromatic rings. The van der Waals surface area contributed by atoms with Crippen LogP contribution in [0.2, 0.25) is 0 Å². The largest absolute Gasteiger partial charge is 0.361 e. The first-order chi connectivity index (χ1) is 10.8. The van der Waals surface area contributed by atoms with Crippen molar-refractivity contribution in [2.45, 2.75) is 33.1 Å². The maximum atomic E-state index is 4.48. The summed E-state index contributed by atoms with van der Waals surface area (Å²) in [6.07, 6.45) is 3.37. The summed E-state index contributed by atoms with van der Waals surface area (Å²) < 4.78 is 1.07. The topological polar surface area (TPSA) is 50.7 Å². The van der Waals surface area contributed by atoms with Crippen LogP contribution in [0.5, 0.6) is 0 Å². The highest BCUT2D eigenvalue weighted by molar-refractivity contribution is 7.22. The quantitative estimate of drug-likeness (QED) is 0.680. The van der Waals surface area contributed by atoms with Gasteiger partial charge >= 0.3 is 0 Å². The van der Waals surface area contributed by atoms with E-state index in [1.54, 1.807) is 11.3 Å². The zero-order valence-corrected chi connectivity index (χ0v) is 13.8. The summed E-state index contributed by atoms with van der Waals surface area (Å²) in [5, 5.41) is 12.8. The Morgan fingerprint density at radius 1 is 1.09 bits per heavy atom. The van der Waals surface area contributed by atoms with E-state index in [0.717, 1.165) is 46.1 Å². The molecule has 1 aromatic carbocycles. The van der Waals surface area contributed by atoms with E-state index in [1.807, 2.05) is 0 Å². The van der Waals surface area contributed by atoms with Gasteiger partial charge < -0.3 is 5.32 Å². The van der Waals surface area contributed by atoms with Crippen LogP contribution in [0.15, 0.2) is 30.3 Å². The second kappa shape index (κ2) is 6.83. The van der Waals surface area contributed by atoms with Gasteiger partial charge in [0.2, 0.25) is 0 Å². The molecule has 0 radical (unpaired) electrons. The molecule has 0 unspecified atom stereocenters. The molecule has 0 spiro atoms. The minimum Gasteiger partial charge on any atom is -0.361 e. The van der Waals surface area contributed by atoms with E-state index in [4.69, 9.17) is 0 Å². The Hall–Kier alpha value is -2.01. The summed E-state index contributed by atoms with van der Waals surface area (Å²) in [5.74, 6) is 0. The number of hydrogen-bond donors (Lipinski definition) is 1. The van der Waals surface area contributed by atoms with Crippen molar-refractivity contribution in [1.29, 1.82) is 0 Å². The molecule has 0 atom stereocenters. The molecule has 3 rings (SSSR count). The number of fused-ring (bicyclic) bond motifs is 1. The SMILES string of the molecule is CCCCNc1nc2nnc(-c3ccc(CC)cc3)cc2s1. The first kappa shape index (κ1) is 14.9. The van der Waals surface area contributed by atoms with Gasteiger partial charge in [-0.25, -0.2) is 0 Å². The van der Waals surface area contributed by atoms with Crippen molar-refractivity contribution in [3.8, 4) is 11.3 Å². The highest BCUT2D eigenvalue weighted by atomic mass is 32.1. The van der Waals surface area contributed by atoms with Crippen LogP contribution in [0.25, 0.3) is 21.6 Å². The van der Waals surface area contributed by atoms with Gasteiger partial charge in [0.05, 0.1) is 10.4 Å². The van der Waals surface area contributed by atoms with Crippen LogP contribution >= 0.6 is 11.3 Å². The predicted octanol–water partition coefficient (Wildman–Crippen LogP) is 4.53. The maximum absolute atomic E-state index is 4.48. The Morgan fingerprint density at radius 3 is 2.64 bits per heavy atom. The van der Waals surface area contributed by atoms with Crippen molar-refractivity contribution < 1.29 is 0 Å². The van der Waals surface area contributed by atoms with Gasteiger partial charge in [-0.15, -0.1) is 10.2 Å². The Labute approximate surface area is 134 Å². The Balaban J connectivity index is 1.85. The van der Waals surface area contributed by atoms with E-state index in [0.29, 0.717) is 0 Å². The molecule has 2 aromatic heterocycles. The average Bonchev–Trinajstić information content (AvgIpc) is 2.97. The van der Waals surface area contributed by atoms with Crippen LogP contribution in [0.1, 0.15) is 32.3 Å². The van der Waals surface area contributed by atoms with Crippen LogP contribution in [0, 0.1) is 0 Å². The number of unbranched alkanes of at least 4 members (excludes halogenated alkanes) is 1. The van der Waals surface area contributed by atoms with E-state index in [9.17, 15) is 0 Å². The van der Waals surface area contributed by atoms with Gasteiger partial charge in [-0.1, -0.05) is 55.9 Å². The lowest BCUT2D eigenvalue weighted by Crippen LogP contribution is -1.99. The first-order valence-electron chi connectivity index (χ1n) is 7.77. The smallest absolute Gasteiger partial charge is 0.194 e. The molecule has 0 aliphatic heterocycles. The fourth-order valence-electron chi connectivity index (χ4n) is 2.24. The van der Waals surface area contributed by atoms with Gasteiger partial charge in [-0.05, 0) is 24.5 Å². The molecule has 0 bridgehead atoms. The number of benzene rings is 1. The standard InChI is InChI=1S/C17H20N4S/c1-3-5-10-18-17-19-16-15(22-17)11-14(20-21-16)13-8-6-12(4-2)7-9-13/h6-9,11H,3-5,10H2,1-2H3,(H,18,19,21). The van der Waals surface area contributed by atoms with Gasteiger partial charge in [0.15, 0.2) is 10.8 Å². The van der Waals surface area contributed by atoms with Crippen LogP contribution in [-0.2, 0) is 6.42 Å². The molecule has 0 saturated carbocycles. The van der Waals surface area contributed by atoms with Gasteiger partial charge in [0.1, 0.15) is 0 Å². The number of nitrogens with zero attached hydrogens (tertiary/aromatic N) is 3. The molecule has 114 valence electrons. The Bertz CT molecular complexity index is 749. The predicted molar refractivity (Wildman–Crippen MR) is 93.4 cm³/mol. The third kappa shape index (κ3) is 3.25. The minimum atomic E-state index is 0.720. The van der Waals surface area contributed by atoms with E-state index in [-0.39, 0.29) is 0 Å². The van der Waals surface area contributed by atoms with E-state index in [1.165, 1.54) is 12.0 Å². The zero-order chi connectivity index (χ0) is 15.4. The lowest BCUT2D eigenvalue weighted by molar-refractivity contribution is 0.833. The summed E-state index contributed by atoms with van der Waals surface area (Å²) >= 11 is 1.64. The summed E-state index contributed by atoms with van der Waals surface area (Å²) in [7, 11) is 0. The third-order valence-electron chi connectivity index (χ3n) is 3.62. The van der Waals surface area contributed by atoms with Crippen molar-refractivity contribution >= 4 is 26.8 Å². The molecule has 0 amide bonds. The molecule has 22 heavy (non-hydrogen) atoms. The molecule has 1 N–H and O–H groups in total. The molecule has 0 aliphatic rings. The molecule has 2 heterocycles. The second-order valence-electron chi connectivity index (χ2n) is 5.27. The number of thiazole rings is 1. The number of hydrogen-bond acceptors (Lipinski definition) is 5. The summed E-state index contributed by atoms with van der Waals surface area (Å²) in [6.45, 7) is 5.29. The lowest BCUT2D eigenvalue weighted by atomic mass is 10.1. The van der Waals surface area contributed by atoms with Crippen LogP contribution in [0.4, 0.5) is 5.13 Å². The fourth-order valence-corrected chi connectivity index (χ4v) is 3.11. The van der Waals surface area contributed by atoms with Gasteiger partial charge in [-0.2, -0.15) is 4.98 Å². The summed E-state index contributed by atoms with van der Waals surface area (Å²) in [4.78, 5) is 4.48. The van der Waals surface area contributed by atoms with Gasteiger partial charge in [0.25, 0.3) is 0 Å². The lowest BCUT2D eigenvalue weighted by Gasteiger charge is -2.01. The van der Waals surface area contributed by atoms with Crippen molar-refractivity contribution in [2.75, 3.05) is 11.9 Å². The second-order valence-corrected chi connectivity index (χ2v) is 6.30. The number of aromatic nitrogens is 3. The summed E-state index contributed by atoms with van der Waals surface area (Å²) in [6, 6.07) is 10.6. The third-order valence-corrected chi connectivity index (χ3v) is 4.57. The highest BCUT2D eigenvalue weighted by Crippen LogP contribution is 2.27. The Morgan fingerprint density at radius 2 is 1.91 bits per heavy atom. The molecule has 0 fully saturated rings. The van der Waals surface area contributed by atoms with E-state index < -0.39 is 0 Å². The molecular formula is C17H20N4S. The van der Waals surface area contributed by atoms with Crippen LogP contribution < -0.4 is 5.32 Å². The van der Waals surface area contributed by atoms with Crippen molar-refractivity contribution in [1.82, 2.24) is 15.2 Å². The first-order valence-corrected chi connectivity index (χ1v) is 8.59. The molecule has 0 aliphatic carbocycles. The van der Waals surface area contributed by atoms with Gasteiger partial charge in [-0.3, -0.25) is 0 Å². The molecular weight excluding hydrogens is 292 g/mol. The number of anilines is 1. The average molecular weight is 312 g/mol. The van der Waals surface area contributed by atoms with Gasteiger partial charge in [0, 0.05) is 12.1 Å². The van der Waals surface area contributed by atoms with Crippen molar-refractivity contribution in [2.24, 2.45) is 0 Å². The van der Waals surface area contributed by atoms with Crippen LogP contribution in [0.3, 0.4) is 0 Å².